The van der Waals surface area contributed by atoms with Crippen molar-refractivity contribution in [2.75, 3.05) is 0 Å². The number of aliphatic hydroxyl groups is 1. The number of nitrogens with zero attached hydrogens (tertiary/aromatic N) is 2. The van der Waals surface area contributed by atoms with Gasteiger partial charge in [-0.25, -0.2) is 13.2 Å². The quantitative estimate of drug-likeness (QED) is 0.927. The van der Waals surface area contributed by atoms with Crippen molar-refractivity contribution in [1.29, 1.82) is 0 Å². The van der Waals surface area contributed by atoms with Gasteiger partial charge in [-0.3, -0.25) is 4.68 Å². The van der Waals surface area contributed by atoms with Gasteiger partial charge in [-0.05, 0) is 18.9 Å². The van der Waals surface area contributed by atoms with E-state index in [-0.39, 0.29) is 6.42 Å². The van der Waals surface area contributed by atoms with Crippen LogP contribution < -0.4 is 0 Å². The van der Waals surface area contributed by atoms with Gasteiger partial charge in [0.05, 0.1) is 11.7 Å². The van der Waals surface area contributed by atoms with E-state index >= 15 is 0 Å². The number of aryl methyl sites for hydroxylation is 2. The Morgan fingerprint density at radius 3 is 2.42 bits per heavy atom. The van der Waals surface area contributed by atoms with Gasteiger partial charge in [0, 0.05) is 31.1 Å². The molecule has 1 atom stereocenters. The zero-order chi connectivity index (χ0) is 14.0. The minimum Gasteiger partial charge on any atom is -0.388 e. The Morgan fingerprint density at radius 2 is 1.89 bits per heavy atom. The van der Waals surface area contributed by atoms with Crippen molar-refractivity contribution in [2.24, 2.45) is 7.05 Å². The molecule has 0 saturated carbocycles. The summed E-state index contributed by atoms with van der Waals surface area (Å²) in [5.41, 5.74) is 0.338. The van der Waals surface area contributed by atoms with Crippen LogP contribution in [-0.4, -0.2) is 14.9 Å². The standard InChI is InChI=1S/C13H13F3N2O/c1-18-9(4-5-17-18)2-3-12(19)13-10(15)6-8(14)7-11(13)16/h4-7,12,19H,2-3H2,1H3. The lowest BCUT2D eigenvalue weighted by Gasteiger charge is -2.13. The normalized spacial score (nSPS) is 12.7. The monoisotopic (exact) mass is 270 g/mol. The smallest absolute Gasteiger partial charge is 0.134 e. The lowest BCUT2D eigenvalue weighted by molar-refractivity contribution is 0.157. The van der Waals surface area contributed by atoms with Gasteiger partial charge >= 0.3 is 0 Å². The molecule has 0 saturated heterocycles. The molecule has 102 valence electrons. The van der Waals surface area contributed by atoms with E-state index in [1.54, 1.807) is 24.0 Å². The maximum atomic E-state index is 13.4. The van der Waals surface area contributed by atoms with Crippen LogP contribution in [0, 0.1) is 17.5 Å². The molecule has 1 unspecified atom stereocenters. The van der Waals surface area contributed by atoms with Gasteiger partial charge in [-0.2, -0.15) is 5.10 Å². The van der Waals surface area contributed by atoms with E-state index in [9.17, 15) is 18.3 Å². The molecular weight excluding hydrogens is 257 g/mol. The molecule has 2 rings (SSSR count). The molecule has 0 bridgehead atoms. The first-order valence-corrected chi connectivity index (χ1v) is 5.78. The van der Waals surface area contributed by atoms with Crippen LogP contribution in [0.15, 0.2) is 24.4 Å². The van der Waals surface area contributed by atoms with Gasteiger partial charge in [-0.15, -0.1) is 0 Å². The Balaban J connectivity index is 2.12. The Labute approximate surface area is 108 Å². The van der Waals surface area contributed by atoms with E-state index in [1.807, 2.05) is 0 Å². The Kier molecular flexibility index (Phi) is 3.90. The Hall–Kier alpha value is -1.82. The predicted molar refractivity (Wildman–Crippen MR) is 62.8 cm³/mol. The molecule has 3 nitrogen and oxygen atoms in total. The number of halogens is 3. The van der Waals surface area contributed by atoms with E-state index in [0.717, 1.165) is 5.69 Å². The Morgan fingerprint density at radius 1 is 1.26 bits per heavy atom. The van der Waals surface area contributed by atoms with Crippen molar-refractivity contribution in [3.05, 3.63) is 53.1 Å². The zero-order valence-corrected chi connectivity index (χ0v) is 10.3. The summed E-state index contributed by atoms with van der Waals surface area (Å²) in [4.78, 5) is 0. The lowest BCUT2D eigenvalue weighted by atomic mass is 10.0. The molecule has 0 aliphatic carbocycles. The molecule has 0 spiro atoms. The molecule has 0 aliphatic rings. The van der Waals surface area contributed by atoms with Crippen LogP contribution in [0.3, 0.4) is 0 Å². The lowest BCUT2D eigenvalue weighted by Crippen LogP contribution is -2.08. The number of rotatable bonds is 4. The van der Waals surface area contributed by atoms with Crippen molar-refractivity contribution >= 4 is 0 Å². The maximum absolute atomic E-state index is 13.4. The van der Waals surface area contributed by atoms with Crippen LogP contribution in [0.2, 0.25) is 0 Å². The molecule has 6 heteroatoms. The van der Waals surface area contributed by atoms with Crippen molar-refractivity contribution in [3.63, 3.8) is 0 Å². The average Bonchev–Trinajstić information content (AvgIpc) is 2.70. The van der Waals surface area contributed by atoms with Gasteiger partial charge in [-0.1, -0.05) is 0 Å². The molecule has 19 heavy (non-hydrogen) atoms. The van der Waals surface area contributed by atoms with Gasteiger partial charge in [0.15, 0.2) is 0 Å². The topological polar surface area (TPSA) is 38.0 Å². The molecule has 0 amide bonds. The van der Waals surface area contributed by atoms with Crippen molar-refractivity contribution in [1.82, 2.24) is 9.78 Å². The van der Waals surface area contributed by atoms with E-state index in [1.165, 1.54) is 0 Å². The fourth-order valence-electron chi connectivity index (χ4n) is 1.95. The number of hydrogen-bond donors (Lipinski definition) is 1. The minimum absolute atomic E-state index is 0.124. The van der Waals surface area contributed by atoms with E-state index in [4.69, 9.17) is 0 Å². The first-order chi connectivity index (χ1) is 8.99. The molecule has 1 aromatic heterocycles. The average molecular weight is 270 g/mol. The fourth-order valence-corrected chi connectivity index (χ4v) is 1.95. The van der Waals surface area contributed by atoms with E-state index in [2.05, 4.69) is 5.10 Å². The number of aliphatic hydroxyl groups excluding tert-OH is 1. The van der Waals surface area contributed by atoms with Crippen LogP contribution >= 0.6 is 0 Å². The molecule has 1 heterocycles. The summed E-state index contributed by atoms with van der Waals surface area (Å²) >= 11 is 0. The van der Waals surface area contributed by atoms with Gasteiger partial charge in [0.25, 0.3) is 0 Å². The molecular formula is C13H13F3N2O. The highest BCUT2D eigenvalue weighted by Crippen LogP contribution is 2.25. The van der Waals surface area contributed by atoms with Crippen molar-refractivity contribution in [3.8, 4) is 0 Å². The second kappa shape index (κ2) is 5.44. The first kappa shape index (κ1) is 13.6. The summed E-state index contributed by atoms with van der Waals surface area (Å²) in [5.74, 6) is -3.15. The minimum atomic E-state index is -1.32. The summed E-state index contributed by atoms with van der Waals surface area (Å²) < 4.78 is 41.3. The number of benzene rings is 1. The Bertz CT molecular complexity index is 560. The molecule has 0 aliphatic heterocycles. The van der Waals surface area contributed by atoms with Gasteiger partial charge < -0.3 is 5.11 Å². The largest absolute Gasteiger partial charge is 0.388 e. The highest BCUT2D eigenvalue weighted by Gasteiger charge is 2.19. The van der Waals surface area contributed by atoms with Crippen LogP contribution in [0.4, 0.5) is 13.2 Å². The second-order valence-corrected chi connectivity index (χ2v) is 4.28. The molecule has 0 radical (unpaired) electrons. The third-order valence-electron chi connectivity index (χ3n) is 2.97. The number of aromatic nitrogens is 2. The molecule has 0 fully saturated rings. The summed E-state index contributed by atoms with van der Waals surface area (Å²) in [6.45, 7) is 0. The second-order valence-electron chi connectivity index (χ2n) is 4.28. The van der Waals surface area contributed by atoms with Gasteiger partial charge in [0.1, 0.15) is 17.5 Å². The van der Waals surface area contributed by atoms with Crippen LogP contribution in [-0.2, 0) is 13.5 Å². The molecule has 2 aromatic rings. The van der Waals surface area contributed by atoms with Crippen LogP contribution in [0.25, 0.3) is 0 Å². The first-order valence-electron chi connectivity index (χ1n) is 5.78. The molecule has 1 N–H and O–H groups in total. The van der Waals surface area contributed by atoms with Crippen LogP contribution in [0.5, 0.6) is 0 Å². The highest BCUT2D eigenvalue weighted by atomic mass is 19.1. The van der Waals surface area contributed by atoms with Crippen molar-refractivity contribution in [2.45, 2.75) is 18.9 Å². The summed E-state index contributed by atoms with van der Waals surface area (Å²) in [6, 6.07) is 2.88. The highest BCUT2D eigenvalue weighted by molar-refractivity contribution is 5.23. The third-order valence-corrected chi connectivity index (χ3v) is 2.97. The maximum Gasteiger partial charge on any atom is 0.134 e. The van der Waals surface area contributed by atoms with Crippen LogP contribution in [0.1, 0.15) is 23.8 Å². The zero-order valence-electron chi connectivity index (χ0n) is 10.3. The summed E-state index contributed by atoms with van der Waals surface area (Å²) in [7, 11) is 1.74. The van der Waals surface area contributed by atoms with E-state index in [0.29, 0.717) is 18.6 Å². The SMILES string of the molecule is Cn1nccc1CCC(O)c1c(F)cc(F)cc1F. The summed E-state index contributed by atoms with van der Waals surface area (Å²) in [5, 5.41) is 13.8. The molecule has 1 aromatic carbocycles. The third kappa shape index (κ3) is 2.96. The summed E-state index contributed by atoms with van der Waals surface area (Å²) in [6.07, 6.45) is 0.809. The van der Waals surface area contributed by atoms with Gasteiger partial charge in [0.2, 0.25) is 0 Å². The fraction of sp³-hybridized carbons (Fsp3) is 0.308. The van der Waals surface area contributed by atoms with Crippen molar-refractivity contribution < 1.29 is 18.3 Å². The number of hydrogen-bond acceptors (Lipinski definition) is 2. The van der Waals surface area contributed by atoms with E-state index < -0.39 is 29.1 Å². The predicted octanol–water partition coefficient (Wildman–Crippen LogP) is 2.50.